The molecule has 0 saturated heterocycles. The molecule has 1 rings (SSSR count). The predicted molar refractivity (Wildman–Crippen MR) is 52.0 cm³/mol. The molecule has 1 N–H and O–H groups in total. The van der Waals surface area contributed by atoms with Crippen LogP contribution in [0.3, 0.4) is 0 Å². The van der Waals surface area contributed by atoms with Gasteiger partial charge in [0.15, 0.2) is 0 Å². The lowest BCUT2D eigenvalue weighted by atomic mass is 10.1. The van der Waals surface area contributed by atoms with Crippen LogP contribution in [0.25, 0.3) is 0 Å². The molecule has 0 saturated carbocycles. The summed E-state index contributed by atoms with van der Waals surface area (Å²) >= 11 is -2.23. The van der Waals surface area contributed by atoms with Crippen LogP contribution >= 0.6 is 0 Å². The fourth-order valence-electron chi connectivity index (χ4n) is 1.16. The first-order valence-corrected chi connectivity index (χ1v) is 5.05. The largest absolute Gasteiger partial charge is 0.380 e. The maximum atomic E-state index is 10.3. The van der Waals surface area contributed by atoms with Crippen molar-refractivity contribution in [1.82, 2.24) is 0 Å². The van der Waals surface area contributed by atoms with E-state index in [-0.39, 0.29) is 0 Å². The molecular formula is C9H12O3S. The molecule has 1 aromatic carbocycles. The quantitative estimate of drug-likeness (QED) is 0.760. The molecule has 0 amide bonds. The van der Waals surface area contributed by atoms with E-state index in [2.05, 4.69) is 4.18 Å². The zero-order chi connectivity index (χ0) is 9.84. The van der Waals surface area contributed by atoms with Gasteiger partial charge in [0.05, 0.1) is 0 Å². The molecule has 1 unspecified atom stereocenters. The molecule has 0 aliphatic rings. The standard InChI is InChI=1S/C9H12O3S/c1-3-8-6-9(12-13(10)11)5-4-7(8)2/h4-6H,3H2,1-2H3,(H,10,11). The fourth-order valence-corrected chi connectivity index (χ4v) is 1.43. The van der Waals surface area contributed by atoms with E-state index in [1.54, 1.807) is 12.1 Å². The second-order valence-corrected chi connectivity index (χ2v) is 3.34. The minimum Gasteiger partial charge on any atom is -0.380 e. The van der Waals surface area contributed by atoms with E-state index < -0.39 is 11.4 Å². The Hall–Kier alpha value is -0.870. The van der Waals surface area contributed by atoms with Gasteiger partial charge in [-0.15, -0.1) is 0 Å². The van der Waals surface area contributed by atoms with Crippen LogP contribution in [0.4, 0.5) is 0 Å². The molecule has 4 heteroatoms. The maximum Gasteiger partial charge on any atom is 0.357 e. The second-order valence-electron chi connectivity index (χ2n) is 2.74. The smallest absolute Gasteiger partial charge is 0.357 e. The normalized spacial score (nSPS) is 12.5. The van der Waals surface area contributed by atoms with Crippen molar-refractivity contribution in [2.24, 2.45) is 0 Å². The monoisotopic (exact) mass is 200 g/mol. The summed E-state index contributed by atoms with van der Waals surface area (Å²) in [6, 6.07) is 5.34. The number of rotatable bonds is 3. The van der Waals surface area contributed by atoms with Crippen molar-refractivity contribution in [3.8, 4) is 5.75 Å². The van der Waals surface area contributed by atoms with Gasteiger partial charge in [0.25, 0.3) is 0 Å². The van der Waals surface area contributed by atoms with Gasteiger partial charge in [-0.05, 0) is 36.6 Å². The lowest BCUT2D eigenvalue weighted by Gasteiger charge is -2.05. The van der Waals surface area contributed by atoms with Crippen molar-refractivity contribution >= 4 is 11.4 Å². The van der Waals surface area contributed by atoms with Gasteiger partial charge in [-0.1, -0.05) is 13.0 Å². The topological polar surface area (TPSA) is 46.5 Å². The van der Waals surface area contributed by atoms with Crippen molar-refractivity contribution in [3.05, 3.63) is 29.3 Å². The summed E-state index contributed by atoms with van der Waals surface area (Å²) in [5.41, 5.74) is 2.29. The van der Waals surface area contributed by atoms with Crippen molar-refractivity contribution in [2.45, 2.75) is 20.3 Å². The lowest BCUT2D eigenvalue weighted by Crippen LogP contribution is -1.98. The maximum absolute atomic E-state index is 10.3. The molecule has 0 spiro atoms. The summed E-state index contributed by atoms with van der Waals surface area (Å²) in [6.07, 6.45) is 0.890. The summed E-state index contributed by atoms with van der Waals surface area (Å²) < 4.78 is 23.5. The summed E-state index contributed by atoms with van der Waals surface area (Å²) in [4.78, 5) is 0. The van der Waals surface area contributed by atoms with E-state index in [4.69, 9.17) is 4.55 Å². The van der Waals surface area contributed by atoms with Crippen LogP contribution in [0, 0.1) is 6.92 Å². The Bertz CT molecular complexity index is 323. The molecule has 13 heavy (non-hydrogen) atoms. The first-order chi connectivity index (χ1) is 6.13. The van der Waals surface area contributed by atoms with Gasteiger partial charge in [0.2, 0.25) is 0 Å². The van der Waals surface area contributed by atoms with E-state index in [1.165, 1.54) is 5.56 Å². The zero-order valence-electron chi connectivity index (χ0n) is 7.61. The highest BCUT2D eigenvalue weighted by atomic mass is 32.2. The molecule has 0 heterocycles. The number of benzene rings is 1. The van der Waals surface area contributed by atoms with Crippen LogP contribution in [-0.2, 0) is 17.8 Å². The molecule has 72 valence electrons. The average Bonchev–Trinajstić information content (AvgIpc) is 2.07. The first-order valence-electron chi connectivity index (χ1n) is 4.02. The van der Waals surface area contributed by atoms with E-state index in [0.717, 1.165) is 12.0 Å². The molecule has 0 fully saturated rings. The Morgan fingerprint density at radius 3 is 2.77 bits per heavy atom. The Morgan fingerprint density at radius 2 is 2.23 bits per heavy atom. The second kappa shape index (κ2) is 4.39. The van der Waals surface area contributed by atoms with Crippen LogP contribution in [0.1, 0.15) is 18.1 Å². The van der Waals surface area contributed by atoms with Gasteiger partial charge in [0, 0.05) is 0 Å². The fraction of sp³-hybridized carbons (Fsp3) is 0.333. The zero-order valence-corrected chi connectivity index (χ0v) is 8.43. The molecule has 3 nitrogen and oxygen atoms in total. The Balaban J connectivity index is 2.92. The third-order valence-corrected chi connectivity index (χ3v) is 2.20. The summed E-state index contributed by atoms with van der Waals surface area (Å²) in [7, 11) is 0. The average molecular weight is 200 g/mol. The third-order valence-electron chi connectivity index (χ3n) is 1.87. The SMILES string of the molecule is CCc1cc(OS(=O)O)ccc1C. The van der Waals surface area contributed by atoms with Gasteiger partial charge in [0.1, 0.15) is 5.75 Å². The highest BCUT2D eigenvalue weighted by Gasteiger charge is 2.01. The first kappa shape index (κ1) is 10.2. The minimum atomic E-state index is -2.23. The molecule has 1 atom stereocenters. The molecule has 0 bridgehead atoms. The van der Waals surface area contributed by atoms with Crippen molar-refractivity contribution in [3.63, 3.8) is 0 Å². The minimum absolute atomic E-state index is 0.434. The van der Waals surface area contributed by atoms with Gasteiger partial charge in [-0.25, -0.2) is 0 Å². The van der Waals surface area contributed by atoms with E-state index >= 15 is 0 Å². The van der Waals surface area contributed by atoms with Gasteiger partial charge in [-0.3, -0.25) is 4.55 Å². The Labute approximate surface area is 80.2 Å². The van der Waals surface area contributed by atoms with Crippen molar-refractivity contribution in [2.75, 3.05) is 0 Å². The number of hydrogen-bond donors (Lipinski definition) is 1. The summed E-state index contributed by atoms with van der Waals surface area (Å²) in [5.74, 6) is 0.434. The predicted octanol–water partition coefficient (Wildman–Crippen LogP) is 2.07. The molecule has 0 aromatic heterocycles. The van der Waals surface area contributed by atoms with Gasteiger partial charge < -0.3 is 4.18 Å². The van der Waals surface area contributed by atoms with Crippen LogP contribution in [-0.4, -0.2) is 8.76 Å². The third kappa shape index (κ3) is 2.82. The Morgan fingerprint density at radius 1 is 1.54 bits per heavy atom. The summed E-state index contributed by atoms with van der Waals surface area (Å²) in [5, 5.41) is 0. The lowest BCUT2D eigenvalue weighted by molar-refractivity contribution is 0.457. The highest BCUT2D eigenvalue weighted by molar-refractivity contribution is 7.74. The molecular weight excluding hydrogens is 188 g/mol. The van der Waals surface area contributed by atoms with E-state index in [1.807, 2.05) is 19.9 Å². The van der Waals surface area contributed by atoms with Crippen LogP contribution in [0.5, 0.6) is 5.75 Å². The van der Waals surface area contributed by atoms with Gasteiger partial charge in [-0.2, -0.15) is 4.21 Å². The van der Waals surface area contributed by atoms with Crippen molar-refractivity contribution < 1.29 is 12.9 Å². The van der Waals surface area contributed by atoms with Crippen LogP contribution in [0.2, 0.25) is 0 Å². The number of hydrogen-bond acceptors (Lipinski definition) is 2. The van der Waals surface area contributed by atoms with Crippen LogP contribution in [0.15, 0.2) is 18.2 Å². The van der Waals surface area contributed by atoms with E-state index in [0.29, 0.717) is 5.75 Å². The molecule has 0 aliphatic carbocycles. The Kier molecular flexibility index (Phi) is 3.45. The highest BCUT2D eigenvalue weighted by Crippen LogP contribution is 2.18. The van der Waals surface area contributed by atoms with Crippen LogP contribution < -0.4 is 4.18 Å². The van der Waals surface area contributed by atoms with E-state index in [9.17, 15) is 4.21 Å². The molecule has 0 aliphatic heterocycles. The molecule has 0 radical (unpaired) electrons. The van der Waals surface area contributed by atoms with Gasteiger partial charge >= 0.3 is 11.4 Å². The van der Waals surface area contributed by atoms with Crippen molar-refractivity contribution in [1.29, 1.82) is 0 Å². The number of aryl methyl sites for hydroxylation is 2. The summed E-state index contributed by atoms with van der Waals surface area (Å²) in [6.45, 7) is 4.03. The molecule has 1 aromatic rings.